The fourth-order valence-electron chi connectivity index (χ4n) is 2.73. The van der Waals surface area contributed by atoms with Crippen molar-refractivity contribution in [3.05, 3.63) is 0 Å². The van der Waals surface area contributed by atoms with Crippen LogP contribution in [0.2, 0.25) is 0 Å². The molecule has 1 saturated carbocycles. The topological polar surface area (TPSA) is 12.5 Å². The van der Waals surface area contributed by atoms with E-state index in [1.54, 1.807) is 0 Å². The van der Waals surface area contributed by atoms with Crippen LogP contribution in [0.25, 0.3) is 0 Å². The molecule has 2 nitrogen and oxygen atoms in total. The highest BCUT2D eigenvalue weighted by molar-refractivity contribution is 4.99. The van der Waals surface area contributed by atoms with Gasteiger partial charge in [0.1, 0.15) is 0 Å². The maximum atomic E-state index is 12.0. The fraction of sp³-hybridized carbons (Fsp3) is 1.00. The molecule has 1 saturated heterocycles. The second-order valence-electron chi connectivity index (χ2n) is 4.87. The standard InChI is InChI=1S/C12H22FNO/c13-7-2-1-3-8-14-9-10-15-11-12(14)5-4-6-12/h1-11H2. The lowest BCUT2D eigenvalue weighted by Crippen LogP contribution is -2.60. The van der Waals surface area contributed by atoms with Crippen molar-refractivity contribution in [3.63, 3.8) is 0 Å². The number of hydrogen-bond donors (Lipinski definition) is 0. The summed E-state index contributed by atoms with van der Waals surface area (Å²) in [6, 6.07) is 0. The van der Waals surface area contributed by atoms with E-state index in [1.165, 1.54) is 19.3 Å². The van der Waals surface area contributed by atoms with Crippen LogP contribution in [0.4, 0.5) is 4.39 Å². The molecule has 1 spiro atoms. The second kappa shape index (κ2) is 5.26. The molecule has 0 aromatic heterocycles. The molecule has 0 aromatic carbocycles. The normalized spacial score (nSPS) is 25.4. The highest BCUT2D eigenvalue weighted by atomic mass is 19.1. The van der Waals surface area contributed by atoms with Gasteiger partial charge in [-0.15, -0.1) is 0 Å². The van der Waals surface area contributed by atoms with Gasteiger partial charge in [0.15, 0.2) is 0 Å². The Morgan fingerprint density at radius 1 is 1.20 bits per heavy atom. The lowest BCUT2D eigenvalue weighted by Gasteiger charge is -2.53. The van der Waals surface area contributed by atoms with Crippen LogP contribution in [0.15, 0.2) is 0 Å². The van der Waals surface area contributed by atoms with E-state index in [0.717, 1.165) is 45.6 Å². The van der Waals surface area contributed by atoms with Crippen molar-refractivity contribution >= 4 is 0 Å². The number of unbranched alkanes of at least 4 members (excludes halogenated alkanes) is 2. The van der Waals surface area contributed by atoms with Crippen molar-refractivity contribution in [2.75, 3.05) is 33.0 Å². The van der Waals surface area contributed by atoms with E-state index in [2.05, 4.69) is 4.90 Å². The number of alkyl halides is 1. The van der Waals surface area contributed by atoms with Crippen LogP contribution in [-0.2, 0) is 4.74 Å². The maximum Gasteiger partial charge on any atom is 0.0894 e. The lowest BCUT2D eigenvalue weighted by atomic mass is 9.75. The average molecular weight is 215 g/mol. The van der Waals surface area contributed by atoms with Gasteiger partial charge in [0.25, 0.3) is 0 Å². The van der Waals surface area contributed by atoms with Crippen LogP contribution in [0.5, 0.6) is 0 Å². The quantitative estimate of drug-likeness (QED) is 0.653. The van der Waals surface area contributed by atoms with E-state index in [0.29, 0.717) is 5.54 Å². The van der Waals surface area contributed by atoms with Crippen molar-refractivity contribution in [2.45, 2.75) is 44.1 Å². The summed E-state index contributed by atoms with van der Waals surface area (Å²) < 4.78 is 17.5. The zero-order valence-corrected chi connectivity index (χ0v) is 9.51. The average Bonchev–Trinajstić information content (AvgIpc) is 2.23. The van der Waals surface area contributed by atoms with Crippen molar-refractivity contribution < 1.29 is 9.13 Å². The van der Waals surface area contributed by atoms with Crippen molar-refractivity contribution in [1.82, 2.24) is 4.90 Å². The predicted molar refractivity (Wildman–Crippen MR) is 58.8 cm³/mol. The Bertz CT molecular complexity index is 194. The van der Waals surface area contributed by atoms with E-state index >= 15 is 0 Å². The molecule has 0 radical (unpaired) electrons. The maximum absolute atomic E-state index is 12.0. The third-order valence-corrected chi connectivity index (χ3v) is 3.89. The lowest BCUT2D eigenvalue weighted by molar-refractivity contribution is -0.107. The molecule has 3 heteroatoms. The van der Waals surface area contributed by atoms with Crippen LogP contribution in [0.1, 0.15) is 38.5 Å². The largest absolute Gasteiger partial charge is 0.378 e. The molecule has 0 bridgehead atoms. The Kier molecular flexibility index (Phi) is 3.98. The first kappa shape index (κ1) is 11.3. The minimum absolute atomic E-state index is 0.158. The molecule has 0 N–H and O–H groups in total. The summed E-state index contributed by atoms with van der Waals surface area (Å²) in [5, 5.41) is 0. The number of ether oxygens (including phenoxy) is 1. The van der Waals surface area contributed by atoms with Gasteiger partial charge in [-0.2, -0.15) is 0 Å². The van der Waals surface area contributed by atoms with Crippen LogP contribution in [0.3, 0.4) is 0 Å². The number of halogens is 1. The van der Waals surface area contributed by atoms with Gasteiger partial charge < -0.3 is 4.74 Å². The minimum Gasteiger partial charge on any atom is -0.378 e. The summed E-state index contributed by atoms with van der Waals surface area (Å²) in [6.45, 7) is 3.87. The molecule has 15 heavy (non-hydrogen) atoms. The van der Waals surface area contributed by atoms with Gasteiger partial charge >= 0.3 is 0 Å². The fourth-order valence-corrected chi connectivity index (χ4v) is 2.73. The van der Waals surface area contributed by atoms with Gasteiger partial charge in [0.05, 0.1) is 19.9 Å². The summed E-state index contributed by atoms with van der Waals surface area (Å²) in [5.74, 6) is 0. The predicted octanol–water partition coefficient (Wildman–Crippen LogP) is 2.38. The highest BCUT2D eigenvalue weighted by Crippen LogP contribution is 2.39. The summed E-state index contributed by atoms with van der Waals surface area (Å²) >= 11 is 0. The summed E-state index contributed by atoms with van der Waals surface area (Å²) in [6.07, 6.45) is 6.86. The molecule has 0 amide bonds. The number of rotatable bonds is 5. The highest BCUT2D eigenvalue weighted by Gasteiger charge is 2.44. The molecular formula is C12H22FNO. The van der Waals surface area contributed by atoms with Crippen LogP contribution in [-0.4, -0.2) is 43.4 Å². The zero-order valence-electron chi connectivity index (χ0n) is 9.51. The van der Waals surface area contributed by atoms with E-state index in [9.17, 15) is 4.39 Å². The molecule has 2 fully saturated rings. The first-order valence-corrected chi connectivity index (χ1v) is 6.26. The first-order chi connectivity index (χ1) is 7.37. The Morgan fingerprint density at radius 2 is 2.07 bits per heavy atom. The molecule has 0 aromatic rings. The summed E-state index contributed by atoms with van der Waals surface area (Å²) in [7, 11) is 0. The van der Waals surface area contributed by atoms with Crippen molar-refractivity contribution in [2.24, 2.45) is 0 Å². The van der Waals surface area contributed by atoms with Crippen molar-refractivity contribution in [1.29, 1.82) is 0 Å². The van der Waals surface area contributed by atoms with Gasteiger partial charge in [0.2, 0.25) is 0 Å². The molecule has 0 atom stereocenters. The Balaban J connectivity index is 1.73. The van der Waals surface area contributed by atoms with Gasteiger partial charge in [-0.05, 0) is 45.1 Å². The number of morpholine rings is 1. The van der Waals surface area contributed by atoms with Crippen LogP contribution >= 0.6 is 0 Å². The number of hydrogen-bond acceptors (Lipinski definition) is 2. The van der Waals surface area contributed by atoms with E-state index in [4.69, 9.17) is 4.74 Å². The molecule has 0 unspecified atom stereocenters. The Labute approximate surface area is 91.8 Å². The minimum atomic E-state index is -0.158. The van der Waals surface area contributed by atoms with Gasteiger partial charge in [-0.1, -0.05) is 0 Å². The second-order valence-corrected chi connectivity index (χ2v) is 4.87. The molecule has 1 heterocycles. The molecule has 2 aliphatic rings. The molecule has 2 rings (SSSR count). The van der Waals surface area contributed by atoms with Crippen molar-refractivity contribution in [3.8, 4) is 0 Å². The molecule has 1 aliphatic heterocycles. The van der Waals surface area contributed by atoms with E-state index in [1.807, 2.05) is 0 Å². The zero-order chi connectivity index (χ0) is 10.6. The van der Waals surface area contributed by atoms with Crippen LogP contribution < -0.4 is 0 Å². The molecular weight excluding hydrogens is 193 g/mol. The summed E-state index contributed by atoms with van der Waals surface area (Å²) in [4.78, 5) is 2.60. The monoisotopic (exact) mass is 215 g/mol. The van der Waals surface area contributed by atoms with Crippen LogP contribution in [0, 0.1) is 0 Å². The van der Waals surface area contributed by atoms with Gasteiger partial charge in [0, 0.05) is 12.1 Å². The van der Waals surface area contributed by atoms with E-state index in [-0.39, 0.29) is 6.67 Å². The smallest absolute Gasteiger partial charge is 0.0894 e. The molecule has 1 aliphatic carbocycles. The third kappa shape index (κ3) is 2.51. The Morgan fingerprint density at radius 3 is 2.73 bits per heavy atom. The molecule has 88 valence electrons. The summed E-state index contributed by atoms with van der Waals surface area (Å²) in [5.41, 5.74) is 0.383. The third-order valence-electron chi connectivity index (χ3n) is 3.89. The SMILES string of the molecule is FCCCCCN1CCOCC12CCC2. The number of nitrogens with zero attached hydrogens (tertiary/aromatic N) is 1. The Hall–Kier alpha value is -0.150. The van der Waals surface area contributed by atoms with Gasteiger partial charge in [-0.25, -0.2) is 0 Å². The van der Waals surface area contributed by atoms with E-state index < -0.39 is 0 Å². The first-order valence-electron chi connectivity index (χ1n) is 6.26. The van der Waals surface area contributed by atoms with Gasteiger partial charge in [-0.3, -0.25) is 9.29 Å².